The van der Waals surface area contributed by atoms with E-state index in [1.54, 1.807) is 35.9 Å². The summed E-state index contributed by atoms with van der Waals surface area (Å²) in [5.74, 6) is 0.680. The number of nitrogens with two attached hydrogens (primary N) is 2. The molecule has 2 aromatic rings. The maximum atomic E-state index is 12.7. The van der Waals surface area contributed by atoms with Gasteiger partial charge in [0.15, 0.2) is 0 Å². The minimum Gasteiger partial charge on any atom is -0.338 e. The Bertz CT molecular complexity index is 1140. The highest BCUT2D eigenvalue weighted by atomic mass is 16.2. The van der Waals surface area contributed by atoms with E-state index in [1.165, 1.54) is 10.1 Å². The quantitative estimate of drug-likeness (QED) is 0.522. The minimum absolute atomic E-state index is 0.141. The van der Waals surface area contributed by atoms with E-state index < -0.39 is 11.2 Å². The van der Waals surface area contributed by atoms with Crippen molar-refractivity contribution in [1.82, 2.24) is 24.3 Å². The summed E-state index contributed by atoms with van der Waals surface area (Å²) in [7, 11) is 0. The van der Waals surface area contributed by atoms with Gasteiger partial charge in [-0.05, 0) is 76.0 Å². The molecule has 4 rings (SSSR count). The van der Waals surface area contributed by atoms with Gasteiger partial charge in [0, 0.05) is 38.9 Å². The minimum atomic E-state index is -0.944. The second kappa shape index (κ2) is 11.4. The fourth-order valence-corrected chi connectivity index (χ4v) is 4.78. The smallest absolute Gasteiger partial charge is 0.338 e. The van der Waals surface area contributed by atoms with Gasteiger partial charge < -0.3 is 21.3 Å². The summed E-state index contributed by atoms with van der Waals surface area (Å²) >= 11 is 0. The molecule has 0 spiro atoms. The molecule has 0 unspecified atom stereocenters. The Balaban J connectivity index is 1.31. The van der Waals surface area contributed by atoms with Gasteiger partial charge in [0.25, 0.3) is 0 Å². The number of likely N-dealkylation sites (tertiary alicyclic amines) is 1. The third kappa shape index (κ3) is 6.73. The van der Waals surface area contributed by atoms with E-state index in [0.717, 1.165) is 39.0 Å². The Morgan fingerprint density at radius 2 is 1.62 bits per heavy atom. The SMILES string of the molecule is CC(C)(N)C(=O)N1CCN(C(=O)Nc2ccn(-c3ccc(CN4CCC(CN)CC4)cc3)c(=O)n2)CC1. The number of carbonyl (C=O) groups excluding carboxylic acids is 2. The van der Waals surface area contributed by atoms with Crippen molar-refractivity contribution in [2.45, 2.75) is 38.8 Å². The fourth-order valence-electron chi connectivity index (χ4n) is 4.78. The van der Waals surface area contributed by atoms with Crippen LogP contribution < -0.4 is 22.5 Å². The Kier molecular flexibility index (Phi) is 8.25. The molecule has 1 aromatic carbocycles. The van der Waals surface area contributed by atoms with Gasteiger partial charge >= 0.3 is 11.7 Å². The molecule has 0 bridgehead atoms. The van der Waals surface area contributed by atoms with Gasteiger partial charge in [0.1, 0.15) is 5.82 Å². The summed E-state index contributed by atoms with van der Waals surface area (Å²) in [5.41, 5.74) is 12.2. The van der Waals surface area contributed by atoms with E-state index in [-0.39, 0.29) is 17.8 Å². The molecular weight excluding hydrogens is 472 g/mol. The molecule has 37 heavy (non-hydrogen) atoms. The van der Waals surface area contributed by atoms with Crippen LogP contribution in [0.5, 0.6) is 0 Å². The molecule has 3 amide bonds. The highest BCUT2D eigenvalue weighted by molar-refractivity contribution is 5.89. The Morgan fingerprint density at radius 3 is 2.19 bits per heavy atom. The molecule has 5 N–H and O–H groups in total. The van der Waals surface area contributed by atoms with Crippen molar-refractivity contribution in [2.24, 2.45) is 17.4 Å². The van der Waals surface area contributed by atoms with Gasteiger partial charge in [0.05, 0.1) is 11.2 Å². The third-order valence-corrected chi connectivity index (χ3v) is 7.11. The Labute approximate surface area is 217 Å². The third-order valence-electron chi connectivity index (χ3n) is 7.11. The summed E-state index contributed by atoms with van der Waals surface area (Å²) in [6.07, 6.45) is 3.89. The van der Waals surface area contributed by atoms with Crippen LogP contribution in [0.25, 0.3) is 5.69 Å². The van der Waals surface area contributed by atoms with Crippen molar-refractivity contribution < 1.29 is 9.59 Å². The van der Waals surface area contributed by atoms with Gasteiger partial charge in [-0.1, -0.05) is 12.1 Å². The summed E-state index contributed by atoms with van der Waals surface area (Å²) in [6, 6.07) is 9.12. The van der Waals surface area contributed by atoms with Crippen molar-refractivity contribution in [1.29, 1.82) is 0 Å². The number of piperidine rings is 1. The number of carbonyl (C=O) groups is 2. The van der Waals surface area contributed by atoms with E-state index in [9.17, 15) is 14.4 Å². The molecule has 11 nitrogen and oxygen atoms in total. The first kappa shape index (κ1) is 26.8. The van der Waals surface area contributed by atoms with Crippen molar-refractivity contribution in [3.05, 3.63) is 52.6 Å². The molecule has 2 saturated heterocycles. The van der Waals surface area contributed by atoms with E-state index in [0.29, 0.717) is 37.8 Å². The van der Waals surface area contributed by atoms with Crippen LogP contribution in [0, 0.1) is 5.92 Å². The topological polar surface area (TPSA) is 143 Å². The number of benzene rings is 1. The lowest BCUT2D eigenvalue weighted by atomic mass is 9.97. The molecule has 0 atom stereocenters. The first-order chi connectivity index (χ1) is 17.6. The molecule has 11 heteroatoms. The number of aromatic nitrogens is 2. The molecule has 200 valence electrons. The van der Waals surface area contributed by atoms with Gasteiger partial charge in [-0.25, -0.2) is 9.59 Å². The fraction of sp³-hybridized carbons (Fsp3) is 0.538. The number of piperazine rings is 1. The van der Waals surface area contributed by atoms with E-state index >= 15 is 0 Å². The standard InChI is InChI=1S/C26H38N8O3/c1-26(2,28)23(35)32-13-15-33(16-14-32)24(36)29-22-9-12-34(25(37)30-22)21-5-3-20(4-6-21)18-31-10-7-19(17-27)8-11-31/h3-6,9,12,19H,7-8,10-11,13-18,27-28H2,1-2H3,(H,29,30,36,37). The zero-order valence-corrected chi connectivity index (χ0v) is 21.7. The van der Waals surface area contributed by atoms with Crippen LogP contribution in [0.15, 0.2) is 41.3 Å². The monoisotopic (exact) mass is 510 g/mol. The number of amides is 3. The molecule has 3 heterocycles. The van der Waals surface area contributed by atoms with E-state index in [4.69, 9.17) is 11.5 Å². The summed E-state index contributed by atoms with van der Waals surface area (Å²) < 4.78 is 1.45. The van der Waals surface area contributed by atoms with Gasteiger partial charge in [0.2, 0.25) is 5.91 Å². The number of nitrogens with zero attached hydrogens (tertiary/aromatic N) is 5. The zero-order chi connectivity index (χ0) is 26.6. The number of urea groups is 1. The number of rotatable bonds is 6. The van der Waals surface area contributed by atoms with Crippen molar-refractivity contribution in [2.75, 3.05) is 51.1 Å². The molecule has 0 radical (unpaired) electrons. The van der Waals surface area contributed by atoms with Crippen LogP contribution in [-0.4, -0.2) is 87.5 Å². The van der Waals surface area contributed by atoms with Crippen molar-refractivity contribution in [3.8, 4) is 5.69 Å². The van der Waals surface area contributed by atoms with Gasteiger partial charge in [-0.15, -0.1) is 0 Å². The molecule has 0 aliphatic carbocycles. The number of anilines is 1. The second-order valence-corrected chi connectivity index (χ2v) is 10.5. The predicted octanol–water partition coefficient (Wildman–Crippen LogP) is 0.817. The summed E-state index contributed by atoms with van der Waals surface area (Å²) in [5, 5.41) is 2.69. The van der Waals surface area contributed by atoms with Crippen molar-refractivity contribution >= 4 is 17.8 Å². The lowest BCUT2D eigenvalue weighted by Crippen LogP contribution is -2.58. The zero-order valence-electron chi connectivity index (χ0n) is 21.7. The van der Waals surface area contributed by atoms with Crippen LogP contribution in [0.4, 0.5) is 10.6 Å². The number of nitrogens with one attached hydrogen (secondary N) is 1. The van der Waals surface area contributed by atoms with Crippen LogP contribution in [0.3, 0.4) is 0 Å². The van der Waals surface area contributed by atoms with Crippen LogP contribution >= 0.6 is 0 Å². The average molecular weight is 511 g/mol. The maximum Gasteiger partial charge on any atom is 0.354 e. The molecule has 2 fully saturated rings. The van der Waals surface area contributed by atoms with E-state index in [2.05, 4.69) is 15.2 Å². The molecule has 2 aliphatic rings. The van der Waals surface area contributed by atoms with Crippen LogP contribution in [0.1, 0.15) is 32.3 Å². The van der Waals surface area contributed by atoms with Crippen LogP contribution in [-0.2, 0) is 11.3 Å². The van der Waals surface area contributed by atoms with Gasteiger partial charge in [-0.2, -0.15) is 4.98 Å². The van der Waals surface area contributed by atoms with Gasteiger partial charge in [-0.3, -0.25) is 19.6 Å². The predicted molar refractivity (Wildman–Crippen MR) is 142 cm³/mol. The number of hydrogen-bond donors (Lipinski definition) is 3. The van der Waals surface area contributed by atoms with Crippen LogP contribution in [0.2, 0.25) is 0 Å². The number of hydrogen-bond acceptors (Lipinski definition) is 7. The second-order valence-electron chi connectivity index (χ2n) is 10.5. The average Bonchev–Trinajstić information content (AvgIpc) is 2.89. The highest BCUT2D eigenvalue weighted by Gasteiger charge is 2.31. The Hall–Kier alpha value is -3.28. The lowest BCUT2D eigenvalue weighted by Gasteiger charge is -2.37. The molecule has 2 aliphatic heterocycles. The highest BCUT2D eigenvalue weighted by Crippen LogP contribution is 2.19. The lowest BCUT2D eigenvalue weighted by molar-refractivity contribution is -0.137. The normalized spacial score (nSPS) is 17.6. The maximum absolute atomic E-state index is 12.7. The largest absolute Gasteiger partial charge is 0.354 e. The first-order valence-corrected chi connectivity index (χ1v) is 12.9. The molecular formula is C26H38N8O3. The first-order valence-electron chi connectivity index (χ1n) is 12.9. The molecule has 1 aromatic heterocycles. The van der Waals surface area contributed by atoms with E-state index in [1.807, 2.05) is 24.3 Å². The summed E-state index contributed by atoms with van der Waals surface area (Å²) in [4.78, 5) is 47.4. The Morgan fingerprint density at radius 1 is 1.00 bits per heavy atom. The summed E-state index contributed by atoms with van der Waals surface area (Å²) in [6.45, 7) is 8.66. The van der Waals surface area contributed by atoms with Crippen molar-refractivity contribution in [3.63, 3.8) is 0 Å². The molecule has 0 saturated carbocycles.